The van der Waals surface area contributed by atoms with Gasteiger partial charge in [0.15, 0.2) is 0 Å². The normalized spacial score (nSPS) is 21.5. The summed E-state index contributed by atoms with van der Waals surface area (Å²) in [7, 11) is 0. The largest absolute Gasteiger partial charge is 0.416 e. The van der Waals surface area contributed by atoms with Crippen LogP contribution in [0.15, 0.2) is 54.6 Å². The third kappa shape index (κ3) is 4.38. The maximum atomic E-state index is 13.5. The highest BCUT2D eigenvalue weighted by Gasteiger charge is 2.40. The molecule has 5 rings (SSSR count). The van der Waals surface area contributed by atoms with E-state index in [1.54, 1.807) is 6.07 Å². The molecule has 4 aromatic rings. The minimum absolute atomic E-state index is 0.0828. The summed E-state index contributed by atoms with van der Waals surface area (Å²) in [5.41, 5.74) is 4.09. The fraction of sp³-hybridized carbons (Fsp3) is 0.393. The van der Waals surface area contributed by atoms with Crippen molar-refractivity contribution in [1.29, 1.82) is 0 Å². The van der Waals surface area contributed by atoms with Gasteiger partial charge in [0.1, 0.15) is 0 Å². The molecule has 0 saturated carbocycles. The summed E-state index contributed by atoms with van der Waals surface area (Å²) < 4.78 is 46.8. The van der Waals surface area contributed by atoms with Crippen LogP contribution in [0.1, 0.15) is 69.3 Å². The lowest BCUT2D eigenvalue weighted by molar-refractivity contribution is -0.137. The molecule has 3 heterocycles. The molecule has 0 aliphatic carbocycles. The Bertz CT molecular complexity index is 1360. The molecular formula is C28H30F3N3O. The van der Waals surface area contributed by atoms with Gasteiger partial charge < -0.3 is 9.72 Å². The first kappa shape index (κ1) is 23.7. The van der Waals surface area contributed by atoms with Gasteiger partial charge >= 0.3 is 6.18 Å². The number of hydrogen-bond donors (Lipinski definition) is 2. The summed E-state index contributed by atoms with van der Waals surface area (Å²) in [6, 6.07) is 15.5. The highest BCUT2D eigenvalue weighted by atomic mass is 19.4. The Balaban J connectivity index is 1.60. The van der Waals surface area contributed by atoms with Gasteiger partial charge in [-0.15, -0.1) is 0 Å². The molecule has 35 heavy (non-hydrogen) atoms. The molecule has 0 spiro atoms. The Morgan fingerprint density at radius 2 is 1.80 bits per heavy atom. The summed E-state index contributed by atoms with van der Waals surface area (Å²) in [6.07, 6.45) is -3.15. The molecule has 2 unspecified atom stereocenters. The van der Waals surface area contributed by atoms with Gasteiger partial charge in [0.2, 0.25) is 0 Å². The maximum Gasteiger partial charge on any atom is 0.416 e. The number of alkyl halides is 3. The first-order chi connectivity index (χ1) is 16.5. The summed E-state index contributed by atoms with van der Waals surface area (Å²) in [6.45, 7) is 9.06. The monoisotopic (exact) mass is 481 g/mol. The maximum absolute atomic E-state index is 13.5. The van der Waals surface area contributed by atoms with Crippen LogP contribution in [-0.2, 0) is 21.7 Å². The Hall–Kier alpha value is -3.06. The predicted octanol–water partition coefficient (Wildman–Crippen LogP) is 7.68. The van der Waals surface area contributed by atoms with Gasteiger partial charge in [0, 0.05) is 39.6 Å². The van der Waals surface area contributed by atoms with Crippen molar-refractivity contribution in [1.82, 2.24) is 15.2 Å². The van der Waals surface area contributed by atoms with Crippen LogP contribution in [0.3, 0.4) is 0 Å². The molecule has 0 amide bonds. The SMILES string of the molecule is CC(C)(C)c1cc(C2CC(C)(c3[nH]c4ccccc4c3-c3cccc(C(F)(F)F)c3)CCO2)[nH]n1. The molecule has 2 aromatic heterocycles. The van der Waals surface area contributed by atoms with Crippen LogP contribution in [0.25, 0.3) is 22.0 Å². The molecule has 7 heteroatoms. The van der Waals surface area contributed by atoms with Gasteiger partial charge in [-0.3, -0.25) is 5.10 Å². The van der Waals surface area contributed by atoms with Gasteiger partial charge in [-0.1, -0.05) is 58.0 Å². The summed E-state index contributed by atoms with van der Waals surface area (Å²) in [5, 5.41) is 8.57. The van der Waals surface area contributed by atoms with Crippen molar-refractivity contribution < 1.29 is 17.9 Å². The lowest BCUT2D eigenvalue weighted by atomic mass is 9.74. The lowest BCUT2D eigenvalue weighted by Crippen LogP contribution is -2.33. The van der Waals surface area contributed by atoms with E-state index >= 15 is 0 Å². The zero-order valence-corrected chi connectivity index (χ0v) is 20.4. The number of aromatic amines is 2. The number of nitrogens with one attached hydrogen (secondary N) is 2. The fourth-order valence-electron chi connectivity index (χ4n) is 5.05. The molecule has 2 N–H and O–H groups in total. The van der Waals surface area contributed by atoms with E-state index in [1.165, 1.54) is 12.1 Å². The predicted molar refractivity (Wildman–Crippen MR) is 131 cm³/mol. The van der Waals surface area contributed by atoms with E-state index in [-0.39, 0.29) is 16.9 Å². The molecule has 1 aliphatic heterocycles. The molecule has 0 radical (unpaired) electrons. The van der Waals surface area contributed by atoms with E-state index < -0.39 is 11.7 Å². The van der Waals surface area contributed by atoms with Crippen molar-refractivity contribution >= 4 is 10.9 Å². The molecule has 1 aliphatic rings. The highest BCUT2D eigenvalue weighted by Crippen LogP contribution is 2.48. The van der Waals surface area contributed by atoms with Crippen molar-refractivity contribution in [2.45, 2.75) is 63.6 Å². The molecule has 4 nitrogen and oxygen atoms in total. The molecular weight excluding hydrogens is 451 g/mol. The number of hydrogen-bond acceptors (Lipinski definition) is 2. The van der Waals surface area contributed by atoms with Gasteiger partial charge in [-0.05, 0) is 42.7 Å². The van der Waals surface area contributed by atoms with Crippen LogP contribution in [0, 0.1) is 0 Å². The van der Waals surface area contributed by atoms with Gasteiger partial charge in [-0.25, -0.2) is 0 Å². The third-order valence-corrected chi connectivity index (χ3v) is 7.11. The number of H-pyrrole nitrogens is 2. The Kier molecular flexibility index (Phi) is 5.59. The molecule has 1 saturated heterocycles. The molecule has 0 bridgehead atoms. The first-order valence-corrected chi connectivity index (χ1v) is 11.9. The Morgan fingerprint density at radius 1 is 1.03 bits per heavy atom. The topological polar surface area (TPSA) is 53.7 Å². The van der Waals surface area contributed by atoms with Gasteiger partial charge in [0.05, 0.1) is 23.1 Å². The summed E-state index contributed by atoms with van der Waals surface area (Å²) >= 11 is 0. The number of aromatic nitrogens is 3. The summed E-state index contributed by atoms with van der Waals surface area (Å²) in [4.78, 5) is 3.57. The van der Waals surface area contributed by atoms with Crippen LogP contribution in [0.2, 0.25) is 0 Å². The zero-order chi connectivity index (χ0) is 25.0. The third-order valence-electron chi connectivity index (χ3n) is 7.11. The minimum Gasteiger partial charge on any atom is -0.372 e. The van der Waals surface area contributed by atoms with Crippen LogP contribution in [0.5, 0.6) is 0 Å². The average molecular weight is 482 g/mol. The molecule has 2 atom stereocenters. The van der Waals surface area contributed by atoms with E-state index in [0.29, 0.717) is 18.6 Å². The summed E-state index contributed by atoms with van der Waals surface area (Å²) in [5.74, 6) is 0. The van der Waals surface area contributed by atoms with Crippen LogP contribution in [-0.4, -0.2) is 21.8 Å². The Morgan fingerprint density at radius 3 is 2.51 bits per heavy atom. The minimum atomic E-state index is -4.40. The fourth-order valence-corrected chi connectivity index (χ4v) is 5.05. The lowest BCUT2D eigenvalue weighted by Gasteiger charge is -2.38. The quantitative estimate of drug-likeness (QED) is 0.315. The standard InChI is InChI=1S/C28H30F3N3O/c1-26(2,3)23-15-21(33-34-23)22-16-27(4,12-13-35-22)25-24(19-10-5-6-11-20(19)32-25)17-8-7-9-18(14-17)28(29,30)31/h5-11,14-15,22,32H,12-13,16H2,1-4H3,(H,33,34). The zero-order valence-electron chi connectivity index (χ0n) is 20.4. The molecule has 1 fully saturated rings. The van der Waals surface area contributed by atoms with Crippen molar-refractivity contribution in [3.63, 3.8) is 0 Å². The van der Waals surface area contributed by atoms with Crippen molar-refractivity contribution in [3.05, 3.63) is 77.2 Å². The first-order valence-electron chi connectivity index (χ1n) is 11.9. The van der Waals surface area contributed by atoms with E-state index in [9.17, 15) is 13.2 Å². The van der Waals surface area contributed by atoms with Crippen LogP contribution < -0.4 is 0 Å². The van der Waals surface area contributed by atoms with Crippen molar-refractivity contribution in [3.8, 4) is 11.1 Å². The van der Waals surface area contributed by atoms with E-state index in [2.05, 4.69) is 48.9 Å². The number of halogens is 3. The van der Waals surface area contributed by atoms with Crippen LogP contribution >= 0.6 is 0 Å². The van der Waals surface area contributed by atoms with Gasteiger partial charge in [-0.2, -0.15) is 18.3 Å². The van der Waals surface area contributed by atoms with Crippen molar-refractivity contribution in [2.24, 2.45) is 0 Å². The second kappa shape index (κ2) is 8.26. The highest BCUT2D eigenvalue weighted by molar-refractivity contribution is 5.98. The average Bonchev–Trinajstić information content (AvgIpc) is 3.45. The van der Waals surface area contributed by atoms with E-state index in [4.69, 9.17) is 4.74 Å². The smallest absolute Gasteiger partial charge is 0.372 e. The molecule has 2 aromatic carbocycles. The second-order valence-corrected chi connectivity index (χ2v) is 10.8. The van der Waals surface area contributed by atoms with Gasteiger partial charge in [0.25, 0.3) is 0 Å². The number of fused-ring (bicyclic) bond motifs is 1. The number of para-hydroxylation sites is 1. The van der Waals surface area contributed by atoms with E-state index in [1.807, 2.05) is 24.3 Å². The molecule has 184 valence electrons. The number of benzene rings is 2. The van der Waals surface area contributed by atoms with E-state index in [0.717, 1.165) is 46.0 Å². The second-order valence-electron chi connectivity index (χ2n) is 10.8. The van der Waals surface area contributed by atoms with Crippen molar-refractivity contribution in [2.75, 3.05) is 6.61 Å². The number of nitrogens with zero attached hydrogens (tertiary/aromatic N) is 1. The number of rotatable bonds is 3. The van der Waals surface area contributed by atoms with Crippen LogP contribution in [0.4, 0.5) is 13.2 Å². The Labute approximate surface area is 202 Å². The number of ether oxygens (including phenoxy) is 1.